The average Bonchev–Trinajstić information content (AvgIpc) is 2.82. The van der Waals surface area contributed by atoms with Crippen molar-refractivity contribution in [2.75, 3.05) is 12.0 Å². The normalized spacial score (nSPS) is 33.5. The summed E-state index contributed by atoms with van der Waals surface area (Å²) in [5.74, 6) is 0.532. The zero-order valence-corrected chi connectivity index (χ0v) is 11.9. The van der Waals surface area contributed by atoms with Gasteiger partial charge in [-0.3, -0.25) is 9.59 Å². The van der Waals surface area contributed by atoms with Crippen molar-refractivity contribution in [1.82, 2.24) is 0 Å². The Labute approximate surface area is 123 Å². The first-order valence-corrected chi connectivity index (χ1v) is 7.41. The van der Waals surface area contributed by atoms with Crippen LogP contribution in [0.25, 0.3) is 0 Å². The van der Waals surface area contributed by atoms with Crippen LogP contribution in [0.4, 0.5) is 5.69 Å². The molecule has 5 rings (SSSR count). The number of methoxy groups -OCH3 is 1. The van der Waals surface area contributed by atoms with Gasteiger partial charge in [0.05, 0.1) is 24.6 Å². The van der Waals surface area contributed by atoms with E-state index < -0.39 is 0 Å². The van der Waals surface area contributed by atoms with Gasteiger partial charge in [0.15, 0.2) is 0 Å². The topological polar surface area (TPSA) is 46.6 Å². The van der Waals surface area contributed by atoms with E-state index in [0.29, 0.717) is 11.4 Å². The third-order valence-electron chi connectivity index (χ3n) is 5.09. The summed E-state index contributed by atoms with van der Waals surface area (Å²) < 4.78 is 5.32. The van der Waals surface area contributed by atoms with Crippen molar-refractivity contribution in [1.29, 1.82) is 0 Å². The third-order valence-corrected chi connectivity index (χ3v) is 5.09. The van der Waals surface area contributed by atoms with Crippen LogP contribution in [0, 0.1) is 23.7 Å². The molecule has 0 aromatic heterocycles. The number of benzene rings is 1. The predicted octanol–water partition coefficient (Wildman–Crippen LogP) is 2.40. The summed E-state index contributed by atoms with van der Waals surface area (Å²) in [6.07, 6.45) is 6.29. The van der Waals surface area contributed by atoms with Gasteiger partial charge in [-0.05, 0) is 36.8 Å². The van der Waals surface area contributed by atoms with Crippen LogP contribution in [0.3, 0.4) is 0 Å². The largest absolute Gasteiger partial charge is 0.495 e. The van der Waals surface area contributed by atoms with Crippen LogP contribution in [0.2, 0.25) is 0 Å². The molecule has 2 bridgehead atoms. The van der Waals surface area contributed by atoms with Gasteiger partial charge in [-0.2, -0.15) is 0 Å². The van der Waals surface area contributed by atoms with E-state index in [9.17, 15) is 9.59 Å². The zero-order valence-electron chi connectivity index (χ0n) is 11.9. The van der Waals surface area contributed by atoms with Gasteiger partial charge in [0.2, 0.25) is 11.8 Å². The van der Waals surface area contributed by atoms with Crippen molar-refractivity contribution in [2.45, 2.75) is 12.8 Å². The highest BCUT2D eigenvalue weighted by Crippen LogP contribution is 2.51. The molecule has 1 saturated heterocycles. The molecule has 21 heavy (non-hydrogen) atoms. The molecule has 108 valence electrons. The first-order chi connectivity index (χ1) is 10.2. The molecule has 2 amide bonds. The van der Waals surface area contributed by atoms with Crippen molar-refractivity contribution in [3.8, 4) is 5.75 Å². The van der Waals surface area contributed by atoms with Crippen LogP contribution in [0.1, 0.15) is 12.8 Å². The minimum Gasteiger partial charge on any atom is -0.495 e. The number of ether oxygens (including phenoxy) is 1. The van der Waals surface area contributed by atoms with E-state index in [2.05, 4.69) is 12.2 Å². The van der Waals surface area contributed by atoms with Crippen LogP contribution in [0.15, 0.2) is 36.4 Å². The Morgan fingerprint density at radius 3 is 2.10 bits per heavy atom. The number of amides is 2. The Kier molecular flexibility index (Phi) is 2.67. The molecular weight excluding hydrogens is 266 g/mol. The Morgan fingerprint density at radius 2 is 1.57 bits per heavy atom. The minimum atomic E-state index is -0.175. The summed E-state index contributed by atoms with van der Waals surface area (Å²) in [6, 6.07) is 7.23. The number of allylic oxidation sites excluding steroid dienone is 2. The molecule has 1 saturated carbocycles. The molecule has 1 aromatic rings. The molecule has 4 nitrogen and oxygen atoms in total. The smallest absolute Gasteiger partial charge is 0.238 e. The van der Waals surface area contributed by atoms with Crippen LogP contribution in [-0.2, 0) is 9.59 Å². The molecule has 0 spiro atoms. The van der Waals surface area contributed by atoms with E-state index in [1.165, 1.54) is 4.90 Å². The summed E-state index contributed by atoms with van der Waals surface area (Å²) >= 11 is 0. The highest BCUT2D eigenvalue weighted by molar-refractivity contribution is 6.23. The standard InChI is InChI=1S/C17H17NO3/c1-21-13-5-3-2-4-12(13)18-16(19)14-10-6-7-11(9-8-10)15(14)17(18)20/h2-7,10-11,14-15H,8-9H2,1H3/t10-,11+,14-,15+. The summed E-state index contributed by atoms with van der Waals surface area (Å²) in [5, 5.41) is 0. The van der Waals surface area contributed by atoms with Gasteiger partial charge in [0, 0.05) is 0 Å². The van der Waals surface area contributed by atoms with E-state index in [4.69, 9.17) is 4.74 Å². The van der Waals surface area contributed by atoms with Crippen LogP contribution < -0.4 is 9.64 Å². The number of rotatable bonds is 2. The maximum atomic E-state index is 12.8. The van der Waals surface area contributed by atoms with Gasteiger partial charge in [-0.25, -0.2) is 4.90 Å². The second-order valence-corrected chi connectivity index (χ2v) is 6.03. The molecule has 3 aliphatic carbocycles. The van der Waals surface area contributed by atoms with Crippen molar-refractivity contribution in [3.63, 3.8) is 0 Å². The van der Waals surface area contributed by atoms with Crippen molar-refractivity contribution >= 4 is 17.5 Å². The molecular formula is C17H17NO3. The van der Waals surface area contributed by atoms with Crippen molar-refractivity contribution in [2.24, 2.45) is 23.7 Å². The van der Waals surface area contributed by atoms with E-state index in [1.807, 2.05) is 12.1 Å². The Balaban J connectivity index is 1.79. The second-order valence-electron chi connectivity index (χ2n) is 6.03. The lowest BCUT2D eigenvalue weighted by atomic mass is 9.63. The van der Waals surface area contributed by atoms with E-state index in [1.54, 1.807) is 19.2 Å². The van der Waals surface area contributed by atoms with E-state index in [0.717, 1.165) is 12.8 Å². The molecule has 0 radical (unpaired) electrons. The number of hydrogen-bond donors (Lipinski definition) is 0. The first kappa shape index (κ1) is 12.6. The molecule has 4 atom stereocenters. The van der Waals surface area contributed by atoms with Gasteiger partial charge in [-0.1, -0.05) is 24.3 Å². The Hall–Kier alpha value is -2.10. The number of anilines is 1. The lowest BCUT2D eigenvalue weighted by Gasteiger charge is -2.38. The van der Waals surface area contributed by atoms with E-state index >= 15 is 0 Å². The lowest BCUT2D eigenvalue weighted by Crippen LogP contribution is -2.38. The fraction of sp³-hybridized carbons (Fsp3) is 0.412. The number of hydrogen-bond acceptors (Lipinski definition) is 3. The Morgan fingerprint density at radius 1 is 1.00 bits per heavy atom. The van der Waals surface area contributed by atoms with Gasteiger partial charge in [0.1, 0.15) is 5.75 Å². The van der Waals surface area contributed by atoms with Crippen LogP contribution in [0.5, 0.6) is 5.75 Å². The lowest BCUT2D eigenvalue weighted by molar-refractivity contribution is -0.124. The number of fused-ring (bicyclic) bond motifs is 1. The third kappa shape index (κ3) is 1.62. The molecule has 1 heterocycles. The molecule has 2 fully saturated rings. The minimum absolute atomic E-state index is 0.0615. The van der Waals surface area contributed by atoms with Crippen molar-refractivity contribution < 1.29 is 14.3 Å². The second kappa shape index (κ2) is 4.45. The monoisotopic (exact) mass is 283 g/mol. The summed E-state index contributed by atoms with van der Waals surface area (Å²) in [6.45, 7) is 0. The van der Waals surface area contributed by atoms with Gasteiger partial charge >= 0.3 is 0 Å². The number of carbonyl (C=O) groups is 2. The van der Waals surface area contributed by atoms with Gasteiger partial charge < -0.3 is 4.74 Å². The number of carbonyl (C=O) groups excluding carboxylic acids is 2. The molecule has 1 aliphatic heterocycles. The summed E-state index contributed by atoms with van der Waals surface area (Å²) in [4.78, 5) is 27.0. The predicted molar refractivity (Wildman–Crippen MR) is 77.8 cm³/mol. The van der Waals surface area contributed by atoms with E-state index in [-0.39, 0.29) is 35.5 Å². The summed E-state index contributed by atoms with van der Waals surface area (Å²) in [7, 11) is 1.56. The molecule has 4 aliphatic rings. The number of imide groups is 1. The number of para-hydroxylation sites is 2. The van der Waals surface area contributed by atoms with Gasteiger partial charge in [-0.15, -0.1) is 0 Å². The fourth-order valence-corrected chi connectivity index (χ4v) is 4.13. The average molecular weight is 283 g/mol. The maximum Gasteiger partial charge on any atom is 0.238 e. The molecule has 0 N–H and O–H groups in total. The van der Waals surface area contributed by atoms with Gasteiger partial charge in [0.25, 0.3) is 0 Å². The highest BCUT2D eigenvalue weighted by atomic mass is 16.5. The molecule has 1 aromatic carbocycles. The molecule has 0 unspecified atom stereocenters. The SMILES string of the molecule is COc1ccccc1N1C(=O)[C@@H]2[C@H](C1=O)[C@@H]1C=C[C@H]2CC1. The summed E-state index contributed by atoms with van der Waals surface area (Å²) in [5.41, 5.74) is 0.573. The maximum absolute atomic E-state index is 12.8. The number of nitrogens with zero attached hydrogens (tertiary/aromatic N) is 1. The van der Waals surface area contributed by atoms with Crippen LogP contribution >= 0.6 is 0 Å². The highest BCUT2D eigenvalue weighted by Gasteiger charge is 2.57. The Bertz CT molecular complexity index is 619. The molecule has 4 heteroatoms. The van der Waals surface area contributed by atoms with Crippen molar-refractivity contribution in [3.05, 3.63) is 36.4 Å². The van der Waals surface area contributed by atoms with Crippen LogP contribution in [-0.4, -0.2) is 18.9 Å². The first-order valence-electron chi connectivity index (χ1n) is 7.41. The fourth-order valence-electron chi connectivity index (χ4n) is 4.13. The quantitative estimate of drug-likeness (QED) is 0.618. The zero-order chi connectivity index (χ0) is 14.6.